The molecular formula is C22H22N2O2. The zero-order chi connectivity index (χ0) is 17.5. The molecule has 4 heteroatoms. The average Bonchev–Trinajstić information content (AvgIpc) is 3.33. The van der Waals surface area contributed by atoms with Crippen molar-refractivity contribution < 1.29 is 9.53 Å². The number of hydrogen-bond donors (Lipinski definition) is 0. The first-order valence-electron chi connectivity index (χ1n) is 9.27. The average molecular weight is 346 g/mol. The van der Waals surface area contributed by atoms with Gasteiger partial charge in [0.2, 0.25) is 0 Å². The second-order valence-electron chi connectivity index (χ2n) is 7.51. The maximum absolute atomic E-state index is 11.8. The minimum absolute atomic E-state index is 0.00955. The van der Waals surface area contributed by atoms with E-state index < -0.39 is 0 Å². The molecule has 3 aromatic rings. The van der Waals surface area contributed by atoms with E-state index in [9.17, 15) is 4.79 Å². The van der Waals surface area contributed by atoms with E-state index in [4.69, 9.17) is 4.74 Å². The van der Waals surface area contributed by atoms with E-state index in [0.29, 0.717) is 12.5 Å². The van der Waals surface area contributed by atoms with E-state index in [2.05, 4.69) is 70.3 Å². The van der Waals surface area contributed by atoms with Gasteiger partial charge < -0.3 is 9.30 Å². The van der Waals surface area contributed by atoms with Crippen LogP contribution in [0.2, 0.25) is 0 Å². The molecule has 2 saturated heterocycles. The van der Waals surface area contributed by atoms with E-state index in [0.717, 1.165) is 26.2 Å². The Kier molecular flexibility index (Phi) is 3.79. The number of fused-ring (bicyclic) bond motifs is 2. The second-order valence-corrected chi connectivity index (χ2v) is 7.51. The number of likely N-dealkylation sites (tertiary alicyclic amines) is 1. The molecule has 2 aromatic carbocycles. The Hall–Kier alpha value is -2.59. The third-order valence-electron chi connectivity index (χ3n) is 5.70. The summed E-state index contributed by atoms with van der Waals surface area (Å²) < 4.78 is 7.48. The number of nitrogens with zero attached hydrogens (tertiary/aromatic N) is 2. The molecule has 1 aromatic heterocycles. The summed E-state index contributed by atoms with van der Waals surface area (Å²) in [5.74, 6) is 0.457. The quantitative estimate of drug-likeness (QED) is 0.680. The first kappa shape index (κ1) is 15.6. The Morgan fingerprint density at radius 2 is 1.85 bits per heavy atom. The van der Waals surface area contributed by atoms with Crippen molar-refractivity contribution in [3.05, 3.63) is 71.9 Å². The topological polar surface area (TPSA) is 34.5 Å². The van der Waals surface area contributed by atoms with Crippen LogP contribution in [0.15, 0.2) is 60.8 Å². The van der Waals surface area contributed by atoms with E-state index in [-0.39, 0.29) is 11.9 Å². The van der Waals surface area contributed by atoms with Gasteiger partial charge in [-0.05, 0) is 28.6 Å². The summed E-state index contributed by atoms with van der Waals surface area (Å²) in [7, 11) is 0. The first-order chi connectivity index (χ1) is 12.8. The molecule has 3 heterocycles. The summed E-state index contributed by atoms with van der Waals surface area (Å²) in [5.41, 5.74) is 3.88. The summed E-state index contributed by atoms with van der Waals surface area (Å²) >= 11 is 0. The maximum Gasteiger partial charge on any atom is 0.310 e. The van der Waals surface area contributed by atoms with Crippen LogP contribution in [0.1, 0.15) is 11.1 Å². The third kappa shape index (κ3) is 2.80. The van der Waals surface area contributed by atoms with Gasteiger partial charge in [-0.2, -0.15) is 0 Å². The molecule has 0 saturated carbocycles. The van der Waals surface area contributed by atoms with Crippen LogP contribution in [-0.4, -0.2) is 35.1 Å². The van der Waals surface area contributed by atoms with Crippen molar-refractivity contribution in [2.75, 3.05) is 19.7 Å². The molecular weight excluding hydrogens is 324 g/mol. The van der Waals surface area contributed by atoms with Crippen molar-refractivity contribution in [1.29, 1.82) is 0 Å². The van der Waals surface area contributed by atoms with Crippen LogP contribution >= 0.6 is 0 Å². The summed E-state index contributed by atoms with van der Waals surface area (Å²) in [6.45, 7) is 4.16. The molecule has 0 bridgehead atoms. The van der Waals surface area contributed by atoms with Gasteiger partial charge in [0.15, 0.2) is 0 Å². The minimum atomic E-state index is -0.00955. The highest BCUT2D eigenvalue weighted by Gasteiger charge is 2.43. The van der Waals surface area contributed by atoms with Crippen molar-refractivity contribution in [1.82, 2.24) is 9.47 Å². The van der Waals surface area contributed by atoms with Crippen LogP contribution in [0.3, 0.4) is 0 Å². The van der Waals surface area contributed by atoms with Gasteiger partial charge in [-0.25, -0.2) is 0 Å². The van der Waals surface area contributed by atoms with Crippen LogP contribution in [-0.2, 0) is 22.6 Å². The monoisotopic (exact) mass is 346 g/mol. The lowest BCUT2D eigenvalue weighted by Gasteiger charge is -2.17. The third-order valence-corrected chi connectivity index (χ3v) is 5.70. The summed E-state index contributed by atoms with van der Waals surface area (Å²) in [4.78, 5) is 14.2. The normalized spacial score (nSPS) is 22.7. The first-order valence-corrected chi connectivity index (χ1v) is 9.27. The van der Waals surface area contributed by atoms with E-state index >= 15 is 0 Å². The lowest BCUT2D eigenvalue weighted by molar-refractivity contribution is -0.141. The van der Waals surface area contributed by atoms with Gasteiger partial charge >= 0.3 is 5.97 Å². The predicted molar refractivity (Wildman–Crippen MR) is 101 cm³/mol. The molecule has 132 valence electrons. The highest BCUT2D eigenvalue weighted by Crippen LogP contribution is 2.31. The number of carbonyl (C=O) groups is 1. The molecule has 0 unspecified atom stereocenters. The van der Waals surface area contributed by atoms with Gasteiger partial charge in [-0.15, -0.1) is 0 Å². The fraction of sp³-hybridized carbons (Fsp3) is 0.318. The Morgan fingerprint density at radius 1 is 0.962 bits per heavy atom. The van der Waals surface area contributed by atoms with Crippen molar-refractivity contribution in [2.45, 2.75) is 13.1 Å². The molecule has 2 fully saturated rings. The number of carbonyl (C=O) groups excluding carboxylic acids is 1. The van der Waals surface area contributed by atoms with Crippen LogP contribution in [0, 0.1) is 11.8 Å². The zero-order valence-electron chi connectivity index (χ0n) is 14.7. The van der Waals surface area contributed by atoms with Crippen LogP contribution in [0.25, 0.3) is 10.9 Å². The van der Waals surface area contributed by atoms with E-state index in [1.54, 1.807) is 0 Å². The van der Waals surface area contributed by atoms with Gasteiger partial charge in [0.05, 0.1) is 12.5 Å². The Morgan fingerprint density at radius 3 is 2.69 bits per heavy atom. The Bertz CT molecular complexity index is 947. The number of aromatic nitrogens is 1. The summed E-state index contributed by atoms with van der Waals surface area (Å²) in [6, 6.07) is 19.4. The number of benzene rings is 2. The molecule has 2 aliphatic heterocycles. The molecule has 5 rings (SSSR count). The van der Waals surface area contributed by atoms with Gasteiger partial charge in [0.1, 0.15) is 0 Å². The Balaban J connectivity index is 1.36. The molecule has 0 aliphatic carbocycles. The van der Waals surface area contributed by atoms with Gasteiger partial charge in [-0.3, -0.25) is 9.69 Å². The molecule has 0 radical (unpaired) electrons. The van der Waals surface area contributed by atoms with Crippen molar-refractivity contribution in [3.8, 4) is 0 Å². The van der Waals surface area contributed by atoms with Crippen molar-refractivity contribution >= 4 is 16.9 Å². The smallest absolute Gasteiger partial charge is 0.310 e. The predicted octanol–water partition coefficient (Wildman–Crippen LogP) is 3.29. The number of rotatable bonds is 4. The maximum atomic E-state index is 11.8. The number of ether oxygens (including phenoxy) is 1. The zero-order valence-corrected chi connectivity index (χ0v) is 14.7. The van der Waals surface area contributed by atoms with Crippen LogP contribution < -0.4 is 0 Å². The number of esters is 1. The minimum Gasteiger partial charge on any atom is -0.465 e. The fourth-order valence-electron chi connectivity index (χ4n) is 4.33. The van der Waals surface area contributed by atoms with Crippen LogP contribution in [0.4, 0.5) is 0 Å². The fourth-order valence-corrected chi connectivity index (χ4v) is 4.33. The summed E-state index contributed by atoms with van der Waals surface area (Å²) in [6.07, 6.45) is 2.16. The second kappa shape index (κ2) is 6.29. The lowest BCUT2D eigenvalue weighted by atomic mass is 10.0. The van der Waals surface area contributed by atoms with Crippen molar-refractivity contribution in [3.63, 3.8) is 0 Å². The highest BCUT2D eigenvalue weighted by molar-refractivity contribution is 5.81. The molecule has 0 N–H and O–H groups in total. The van der Waals surface area contributed by atoms with Gasteiger partial charge in [-0.1, -0.05) is 42.5 Å². The highest BCUT2D eigenvalue weighted by atomic mass is 16.5. The van der Waals surface area contributed by atoms with Crippen LogP contribution in [0.5, 0.6) is 0 Å². The number of hydrogen-bond acceptors (Lipinski definition) is 3. The van der Waals surface area contributed by atoms with E-state index in [1.165, 1.54) is 22.0 Å². The summed E-state index contributed by atoms with van der Waals surface area (Å²) in [5, 5.41) is 1.27. The molecule has 4 nitrogen and oxygen atoms in total. The molecule has 2 atom stereocenters. The largest absolute Gasteiger partial charge is 0.465 e. The Labute approximate surface area is 153 Å². The molecule has 0 amide bonds. The molecule has 0 spiro atoms. The number of cyclic esters (lactones) is 1. The van der Waals surface area contributed by atoms with Gasteiger partial charge in [0.25, 0.3) is 0 Å². The van der Waals surface area contributed by atoms with E-state index in [1.807, 2.05) is 0 Å². The molecule has 26 heavy (non-hydrogen) atoms. The standard InChI is InChI=1S/C22H22N2O2/c25-22-20-14-23(13-19(20)15-26-22)11-17-6-7-18-8-9-24(21(18)10-17)12-16-4-2-1-3-5-16/h1-10,19-20H,11-15H2/t19-,20-/m1/s1. The van der Waals surface area contributed by atoms with Gasteiger partial charge in [0, 0.05) is 43.8 Å². The molecule has 2 aliphatic rings. The SMILES string of the molecule is O=C1OC[C@H]2CN(Cc3ccc4ccn(Cc5ccccc5)c4c3)C[C@@H]12. The lowest BCUT2D eigenvalue weighted by Crippen LogP contribution is -2.23. The van der Waals surface area contributed by atoms with Crippen molar-refractivity contribution in [2.24, 2.45) is 11.8 Å².